The number of hydrogen-bond donors (Lipinski definition) is 3. The molecule has 4 heterocycles. The fourth-order valence-electron chi connectivity index (χ4n) is 4.71. The van der Waals surface area contributed by atoms with Crippen molar-refractivity contribution in [2.75, 3.05) is 25.0 Å². The molecule has 5 aromatic rings. The molecule has 1 amide bonds. The number of hydrogen-bond acceptors (Lipinski definition) is 6. The normalized spacial score (nSPS) is 13.8. The van der Waals surface area contributed by atoms with E-state index in [2.05, 4.69) is 80.2 Å². The third-order valence-corrected chi connectivity index (χ3v) is 7.83. The highest BCUT2D eigenvalue weighted by atomic mass is 32.1. The minimum atomic E-state index is 0.305. The summed E-state index contributed by atoms with van der Waals surface area (Å²) in [6.07, 6.45) is 6.27. The summed E-state index contributed by atoms with van der Waals surface area (Å²) in [6.45, 7) is 3.51. The van der Waals surface area contributed by atoms with Gasteiger partial charge in [-0.1, -0.05) is 24.3 Å². The van der Waals surface area contributed by atoms with Gasteiger partial charge in [0, 0.05) is 53.7 Å². The molecule has 3 aromatic heterocycles. The summed E-state index contributed by atoms with van der Waals surface area (Å²) in [7, 11) is 0. The fraction of sp³-hybridized carbons (Fsp3) is 0.250. The first-order valence-electron chi connectivity index (χ1n) is 12.4. The Hall–Kier alpha value is -3.75. The molecule has 182 valence electrons. The minimum Gasteiger partial charge on any atom is -0.361 e. The lowest BCUT2D eigenvalue weighted by atomic mass is 10.1. The number of carbonyl (C=O) groups excluding carboxylic acids is 1. The van der Waals surface area contributed by atoms with Crippen LogP contribution in [-0.4, -0.2) is 45.4 Å². The predicted octanol–water partition coefficient (Wildman–Crippen LogP) is 5.69. The highest BCUT2D eigenvalue weighted by Crippen LogP contribution is 2.36. The van der Waals surface area contributed by atoms with E-state index in [4.69, 9.17) is 0 Å². The number of benzene rings is 2. The van der Waals surface area contributed by atoms with Crippen molar-refractivity contribution >= 4 is 49.9 Å². The van der Waals surface area contributed by atoms with Gasteiger partial charge >= 0.3 is 0 Å². The highest BCUT2D eigenvalue weighted by Gasteiger charge is 2.18. The Balaban J connectivity index is 1.10. The molecule has 36 heavy (non-hydrogen) atoms. The Labute approximate surface area is 213 Å². The first-order valence-corrected chi connectivity index (χ1v) is 13.2. The number of carbonyl (C=O) groups is 1. The van der Waals surface area contributed by atoms with Crippen LogP contribution in [0.5, 0.6) is 0 Å². The fourth-order valence-corrected chi connectivity index (χ4v) is 5.77. The zero-order valence-corrected chi connectivity index (χ0v) is 20.8. The number of likely N-dealkylation sites (tertiary alicyclic amines) is 1. The molecule has 0 saturated carbocycles. The minimum absolute atomic E-state index is 0.305. The summed E-state index contributed by atoms with van der Waals surface area (Å²) in [6, 6.07) is 19.1. The number of nitrogens with zero attached hydrogens (tertiary/aromatic N) is 3. The number of H-pyrrole nitrogens is 1. The summed E-state index contributed by atoms with van der Waals surface area (Å²) in [5.74, 6) is 1.13. The van der Waals surface area contributed by atoms with Gasteiger partial charge < -0.3 is 20.5 Å². The molecule has 0 spiro atoms. The van der Waals surface area contributed by atoms with Crippen molar-refractivity contribution < 1.29 is 4.79 Å². The van der Waals surface area contributed by atoms with Gasteiger partial charge in [-0.3, -0.25) is 4.79 Å². The molecule has 8 heteroatoms. The van der Waals surface area contributed by atoms with Crippen LogP contribution < -0.4 is 10.6 Å². The summed E-state index contributed by atoms with van der Waals surface area (Å²) in [5, 5.41) is 8.13. The second-order valence-electron chi connectivity index (χ2n) is 9.16. The number of anilines is 2. The van der Waals surface area contributed by atoms with Crippen LogP contribution in [0.15, 0.2) is 67.1 Å². The van der Waals surface area contributed by atoms with Crippen molar-refractivity contribution in [1.29, 1.82) is 0 Å². The first-order chi connectivity index (χ1) is 17.7. The van der Waals surface area contributed by atoms with Crippen molar-refractivity contribution in [3.05, 3.63) is 72.7 Å². The third kappa shape index (κ3) is 4.82. The Morgan fingerprint density at radius 1 is 1.06 bits per heavy atom. The molecule has 1 fully saturated rings. The van der Waals surface area contributed by atoms with E-state index in [9.17, 15) is 4.79 Å². The number of aromatic nitrogens is 3. The van der Waals surface area contributed by atoms with Gasteiger partial charge in [0.05, 0.1) is 10.2 Å². The monoisotopic (exact) mass is 496 g/mol. The van der Waals surface area contributed by atoms with Gasteiger partial charge in [0.25, 0.3) is 0 Å². The summed E-state index contributed by atoms with van der Waals surface area (Å²) in [4.78, 5) is 27.1. The van der Waals surface area contributed by atoms with Crippen LogP contribution in [0.3, 0.4) is 0 Å². The number of amides is 1. The lowest BCUT2D eigenvalue weighted by molar-refractivity contribution is -0.127. The van der Waals surface area contributed by atoms with Gasteiger partial charge in [0.1, 0.15) is 6.33 Å². The molecule has 0 atom stereocenters. The highest BCUT2D eigenvalue weighted by molar-refractivity contribution is 7.22. The maximum absolute atomic E-state index is 11.7. The SMILES string of the molecule is O=C1CCCN1CCCNCc1ccc(-c2cc3ncnc(Nc4ccc5[nH]ccc5c4)c3s2)cc1. The Kier molecular flexibility index (Phi) is 6.36. The molecule has 0 aliphatic carbocycles. The van der Waals surface area contributed by atoms with Crippen LogP contribution >= 0.6 is 11.3 Å². The Morgan fingerprint density at radius 2 is 1.97 bits per heavy atom. The Morgan fingerprint density at radius 3 is 2.83 bits per heavy atom. The Bertz CT molecular complexity index is 1510. The molecular weight excluding hydrogens is 468 g/mol. The second kappa shape index (κ2) is 10.1. The van der Waals surface area contributed by atoms with Gasteiger partial charge in [-0.25, -0.2) is 9.97 Å². The standard InChI is InChI=1S/C28H28N6OS/c35-26-3-1-13-34(26)14-2-11-29-17-19-4-6-20(7-5-19)25-16-24-27(36-25)28(32-18-31-24)33-22-8-9-23-21(15-22)10-12-30-23/h4-10,12,15-16,18,29-30H,1-3,11,13-14,17H2,(H,31,32,33). The van der Waals surface area contributed by atoms with Crippen molar-refractivity contribution in [3.63, 3.8) is 0 Å². The molecular formula is C28H28N6OS. The van der Waals surface area contributed by atoms with E-state index in [1.807, 2.05) is 11.1 Å². The van der Waals surface area contributed by atoms with Gasteiger partial charge in [-0.05, 0) is 60.8 Å². The van der Waals surface area contributed by atoms with E-state index in [0.29, 0.717) is 12.3 Å². The zero-order chi connectivity index (χ0) is 24.3. The molecule has 1 aliphatic rings. The third-order valence-electron chi connectivity index (χ3n) is 6.65. The molecule has 0 radical (unpaired) electrons. The van der Waals surface area contributed by atoms with E-state index in [0.717, 1.165) is 71.6 Å². The molecule has 0 bridgehead atoms. The maximum Gasteiger partial charge on any atom is 0.222 e. The van der Waals surface area contributed by atoms with Gasteiger partial charge in [-0.2, -0.15) is 0 Å². The predicted molar refractivity (Wildman–Crippen MR) is 147 cm³/mol. The van der Waals surface area contributed by atoms with Crippen LogP contribution in [0, 0.1) is 0 Å². The van der Waals surface area contributed by atoms with Gasteiger partial charge in [0.15, 0.2) is 5.82 Å². The maximum atomic E-state index is 11.7. The second-order valence-corrected chi connectivity index (χ2v) is 10.2. The van der Waals surface area contributed by atoms with Crippen LogP contribution in [0.1, 0.15) is 24.8 Å². The average Bonchev–Trinajstić information content (AvgIpc) is 3.64. The average molecular weight is 497 g/mol. The summed E-state index contributed by atoms with van der Waals surface area (Å²) in [5.41, 5.74) is 5.48. The summed E-state index contributed by atoms with van der Waals surface area (Å²) < 4.78 is 1.05. The largest absolute Gasteiger partial charge is 0.361 e. The van der Waals surface area contributed by atoms with Crippen molar-refractivity contribution in [3.8, 4) is 10.4 Å². The van der Waals surface area contributed by atoms with E-state index < -0.39 is 0 Å². The lowest BCUT2D eigenvalue weighted by Gasteiger charge is -2.15. The van der Waals surface area contributed by atoms with E-state index in [1.165, 1.54) is 16.0 Å². The number of rotatable bonds is 9. The molecule has 1 aliphatic heterocycles. The zero-order valence-electron chi connectivity index (χ0n) is 20.0. The van der Waals surface area contributed by atoms with Crippen molar-refractivity contribution in [2.45, 2.75) is 25.8 Å². The quantitative estimate of drug-likeness (QED) is 0.228. The van der Waals surface area contributed by atoms with E-state index in [1.54, 1.807) is 17.7 Å². The molecule has 7 nitrogen and oxygen atoms in total. The number of thiophene rings is 1. The van der Waals surface area contributed by atoms with Crippen LogP contribution in [0.25, 0.3) is 31.6 Å². The van der Waals surface area contributed by atoms with E-state index in [-0.39, 0.29) is 0 Å². The molecule has 6 rings (SSSR count). The van der Waals surface area contributed by atoms with Crippen LogP contribution in [-0.2, 0) is 11.3 Å². The molecule has 1 saturated heterocycles. The van der Waals surface area contributed by atoms with E-state index >= 15 is 0 Å². The smallest absolute Gasteiger partial charge is 0.222 e. The van der Waals surface area contributed by atoms with Gasteiger partial charge in [0.2, 0.25) is 5.91 Å². The van der Waals surface area contributed by atoms with Crippen molar-refractivity contribution in [1.82, 2.24) is 25.2 Å². The molecule has 2 aromatic carbocycles. The van der Waals surface area contributed by atoms with Crippen LogP contribution in [0.2, 0.25) is 0 Å². The first kappa shape index (κ1) is 22.7. The molecule has 0 unspecified atom stereocenters. The van der Waals surface area contributed by atoms with Crippen molar-refractivity contribution in [2.24, 2.45) is 0 Å². The summed E-state index contributed by atoms with van der Waals surface area (Å²) >= 11 is 1.70. The topological polar surface area (TPSA) is 85.9 Å². The van der Waals surface area contributed by atoms with Gasteiger partial charge in [-0.15, -0.1) is 11.3 Å². The lowest BCUT2D eigenvalue weighted by Crippen LogP contribution is -2.28. The number of nitrogens with one attached hydrogen (secondary N) is 3. The molecule has 3 N–H and O–H groups in total. The number of aromatic amines is 1. The number of fused-ring (bicyclic) bond motifs is 2. The van der Waals surface area contributed by atoms with Crippen LogP contribution in [0.4, 0.5) is 11.5 Å².